The Morgan fingerprint density at radius 2 is 1.12 bits per heavy atom. The van der Waals surface area contributed by atoms with Crippen molar-refractivity contribution in [2.45, 2.75) is 174 Å². The minimum atomic E-state index is -0.722. The van der Waals surface area contributed by atoms with E-state index in [2.05, 4.69) is 6.92 Å². The van der Waals surface area contributed by atoms with Crippen LogP contribution in [0.2, 0.25) is 0 Å². The smallest absolute Gasteiger partial charge is 0.312 e. The summed E-state index contributed by atoms with van der Waals surface area (Å²) in [6, 6.07) is 0. The van der Waals surface area contributed by atoms with E-state index < -0.39 is 38.6 Å². The third kappa shape index (κ3) is 5.91. The van der Waals surface area contributed by atoms with Gasteiger partial charge in [-0.15, -0.1) is 0 Å². The van der Waals surface area contributed by atoms with Crippen molar-refractivity contribution in [3.05, 3.63) is 0 Å². The number of hydrogen-bond donors (Lipinski definition) is 0. The molecule has 0 aromatic rings. The summed E-state index contributed by atoms with van der Waals surface area (Å²) < 4.78 is 25.0. The Bertz CT molecular complexity index is 1340. The molecule has 9 saturated carbocycles. The molecule has 48 heavy (non-hydrogen) atoms. The Labute approximate surface area is 287 Å². The molecule has 8 nitrogen and oxygen atoms in total. The zero-order valence-corrected chi connectivity index (χ0v) is 30.8. The molecule has 6 atom stereocenters. The van der Waals surface area contributed by atoms with Crippen LogP contribution in [0.1, 0.15) is 152 Å². The first kappa shape index (κ1) is 34.3. The topological polar surface area (TPSA) is 105 Å². The van der Waals surface area contributed by atoms with Crippen LogP contribution in [0.15, 0.2) is 0 Å². The van der Waals surface area contributed by atoms with Crippen LogP contribution in [0, 0.1) is 51.8 Å². The number of esters is 4. The molecule has 0 N–H and O–H groups in total. The summed E-state index contributed by atoms with van der Waals surface area (Å²) in [7, 11) is 0. The Balaban J connectivity index is 1.03. The number of carbonyl (C=O) groups excluding carboxylic acids is 4. The Morgan fingerprint density at radius 3 is 1.67 bits per heavy atom. The normalized spacial score (nSPS) is 45.6. The standard InChI is InChI=1S/C40H60O8/c1-9-40(48-33(44)39-18-25-12-26(19-39)17-38(16-25,23-39)32(43)46-35(5,6)7)11-10-36(8,22-40)47-31(42)37-15-24-13-27(20-37)29(28(14-24)21-37)30(41)45-34(2,3)4/h24-29H,9-23H2,1-8H3. The van der Waals surface area contributed by atoms with Gasteiger partial charge in [-0.25, -0.2) is 0 Å². The van der Waals surface area contributed by atoms with Gasteiger partial charge in [-0.2, -0.15) is 0 Å². The Kier molecular flexibility index (Phi) is 7.82. The van der Waals surface area contributed by atoms with Crippen LogP contribution in [-0.2, 0) is 38.1 Å². The average molecular weight is 669 g/mol. The van der Waals surface area contributed by atoms with E-state index in [-0.39, 0.29) is 41.6 Å². The van der Waals surface area contributed by atoms with Crippen LogP contribution >= 0.6 is 0 Å². The zero-order valence-electron chi connectivity index (χ0n) is 30.8. The summed E-state index contributed by atoms with van der Waals surface area (Å²) in [5.74, 6) is 0.803. The highest BCUT2D eigenvalue weighted by molar-refractivity contribution is 5.84. The summed E-state index contributed by atoms with van der Waals surface area (Å²) in [5, 5.41) is 0. The third-order valence-electron chi connectivity index (χ3n) is 13.8. The van der Waals surface area contributed by atoms with Gasteiger partial charge in [0, 0.05) is 6.42 Å². The van der Waals surface area contributed by atoms with Crippen molar-refractivity contribution >= 4 is 23.9 Å². The van der Waals surface area contributed by atoms with Crippen LogP contribution in [0.4, 0.5) is 0 Å². The molecule has 9 rings (SSSR count). The maximum absolute atomic E-state index is 14.4. The van der Waals surface area contributed by atoms with Crippen molar-refractivity contribution < 1.29 is 38.1 Å². The summed E-state index contributed by atoms with van der Waals surface area (Å²) >= 11 is 0. The SMILES string of the molecule is CCC1(OC(=O)C23CC4CC(CC(C(=O)OC(C)(C)C)(C4)C2)C3)CCC(C)(OC(=O)C23CC4CC(C2)C(C(=O)OC(C)(C)C)C(C4)C3)C1. The summed E-state index contributed by atoms with van der Waals surface area (Å²) in [5.41, 5.74) is -4.30. The van der Waals surface area contributed by atoms with Crippen LogP contribution in [0.5, 0.6) is 0 Å². The fourth-order valence-corrected chi connectivity index (χ4v) is 12.7. The molecule has 9 fully saturated rings. The highest BCUT2D eigenvalue weighted by Crippen LogP contribution is 2.67. The highest BCUT2D eigenvalue weighted by atomic mass is 16.6. The third-order valence-corrected chi connectivity index (χ3v) is 13.8. The molecule has 0 aromatic heterocycles. The summed E-state index contributed by atoms with van der Waals surface area (Å²) in [6.07, 6.45) is 11.4. The van der Waals surface area contributed by atoms with E-state index >= 15 is 0 Å². The molecule has 0 aliphatic heterocycles. The molecule has 268 valence electrons. The van der Waals surface area contributed by atoms with E-state index in [4.69, 9.17) is 18.9 Å². The second-order valence-corrected chi connectivity index (χ2v) is 20.3. The van der Waals surface area contributed by atoms with E-state index in [1.807, 2.05) is 48.5 Å². The number of ether oxygens (including phenoxy) is 4. The van der Waals surface area contributed by atoms with Crippen LogP contribution < -0.4 is 0 Å². The largest absolute Gasteiger partial charge is 0.460 e. The van der Waals surface area contributed by atoms with Gasteiger partial charge in [0.1, 0.15) is 22.4 Å². The summed E-state index contributed by atoms with van der Waals surface area (Å²) in [4.78, 5) is 55.5. The van der Waals surface area contributed by atoms with E-state index in [1.165, 1.54) is 0 Å². The van der Waals surface area contributed by atoms with E-state index in [1.54, 1.807) is 0 Å². The highest BCUT2D eigenvalue weighted by Gasteiger charge is 2.66. The Morgan fingerprint density at radius 1 is 0.604 bits per heavy atom. The molecule has 9 aliphatic carbocycles. The molecular weight excluding hydrogens is 608 g/mol. The monoisotopic (exact) mass is 668 g/mol. The van der Waals surface area contributed by atoms with Crippen molar-refractivity contribution in [3.8, 4) is 0 Å². The molecule has 0 radical (unpaired) electrons. The van der Waals surface area contributed by atoms with Crippen LogP contribution in [-0.4, -0.2) is 46.3 Å². The van der Waals surface area contributed by atoms with E-state index in [0.29, 0.717) is 62.7 Å². The zero-order chi connectivity index (χ0) is 34.7. The second kappa shape index (κ2) is 10.9. The minimum absolute atomic E-state index is 0.104. The van der Waals surface area contributed by atoms with Gasteiger partial charge in [-0.3, -0.25) is 19.2 Å². The molecule has 6 unspecified atom stereocenters. The number of carbonyl (C=O) groups is 4. The van der Waals surface area contributed by atoms with Crippen molar-refractivity contribution in [1.29, 1.82) is 0 Å². The first-order chi connectivity index (χ1) is 22.2. The molecule has 9 aliphatic rings. The van der Waals surface area contributed by atoms with Crippen molar-refractivity contribution in [3.63, 3.8) is 0 Å². The van der Waals surface area contributed by atoms with Gasteiger partial charge in [0.15, 0.2) is 0 Å². The maximum atomic E-state index is 14.4. The predicted molar refractivity (Wildman–Crippen MR) is 178 cm³/mol. The fourth-order valence-electron chi connectivity index (χ4n) is 12.7. The molecule has 0 amide bonds. The van der Waals surface area contributed by atoms with Crippen molar-refractivity contribution in [1.82, 2.24) is 0 Å². The fraction of sp³-hybridized carbons (Fsp3) is 0.900. The lowest BCUT2D eigenvalue weighted by atomic mass is 9.44. The predicted octanol–water partition coefficient (Wildman–Crippen LogP) is 7.88. The van der Waals surface area contributed by atoms with Crippen LogP contribution in [0.3, 0.4) is 0 Å². The first-order valence-electron chi connectivity index (χ1n) is 19.1. The molecule has 0 heterocycles. The molecule has 0 aromatic carbocycles. The lowest BCUT2D eigenvalue weighted by Gasteiger charge is -2.60. The lowest BCUT2D eigenvalue weighted by Crippen LogP contribution is -2.59. The molecule has 8 heteroatoms. The quantitative estimate of drug-likeness (QED) is 0.199. The Hall–Kier alpha value is -2.12. The second-order valence-electron chi connectivity index (χ2n) is 20.3. The minimum Gasteiger partial charge on any atom is -0.460 e. The van der Waals surface area contributed by atoms with E-state index in [0.717, 1.165) is 51.4 Å². The number of rotatable bonds is 7. The van der Waals surface area contributed by atoms with Gasteiger partial charge in [0.25, 0.3) is 0 Å². The number of hydrogen-bond acceptors (Lipinski definition) is 8. The summed E-state index contributed by atoms with van der Waals surface area (Å²) in [6.45, 7) is 15.6. The maximum Gasteiger partial charge on any atom is 0.312 e. The van der Waals surface area contributed by atoms with Gasteiger partial charge < -0.3 is 18.9 Å². The lowest BCUT2D eigenvalue weighted by molar-refractivity contribution is -0.209. The molecule has 8 bridgehead atoms. The van der Waals surface area contributed by atoms with Gasteiger partial charge in [-0.1, -0.05) is 6.92 Å². The van der Waals surface area contributed by atoms with Gasteiger partial charge in [-0.05, 0) is 168 Å². The first-order valence-corrected chi connectivity index (χ1v) is 19.1. The van der Waals surface area contributed by atoms with Crippen molar-refractivity contribution in [2.75, 3.05) is 0 Å². The van der Waals surface area contributed by atoms with Gasteiger partial charge in [0.05, 0.1) is 22.2 Å². The van der Waals surface area contributed by atoms with Crippen molar-refractivity contribution in [2.24, 2.45) is 51.8 Å². The molecular formula is C40H60O8. The van der Waals surface area contributed by atoms with Gasteiger partial charge >= 0.3 is 23.9 Å². The van der Waals surface area contributed by atoms with Gasteiger partial charge in [0.2, 0.25) is 0 Å². The van der Waals surface area contributed by atoms with E-state index in [9.17, 15) is 19.2 Å². The molecule has 0 spiro atoms. The van der Waals surface area contributed by atoms with Crippen LogP contribution in [0.25, 0.3) is 0 Å². The average Bonchev–Trinajstić information content (AvgIpc) is 3.26. The molecule has 0 saturated heterocycles.